The molecule has 0 aliphatic carbocycles. The zero-order chi connectivity index (χ0) is 43.9. The first kappa shape index (κ1) is 42.5. The van der Waals surface area contributed by atoms with E-state index in [-0.39, 0.29) is 94.0 Å². The summed E-state index contributed by atoms with van der Waals surface area (Å²) in [6.45, 7) is 5.42. The molecule has 7 amide bonds. The van der Waals surface area contributed by atoms with E-state index in [1.165, 1.54) is 18.2 Å². The Bertz CT molecular complexity index is 2500. The van der Waals surface area contributed by atoms with Crippen molar-refractivity contribution in [3.8, 4) is 5.75 Å². The van der Waals surface area contributed by atoms with Gasteiger partial charge in [-0.05, 0) is 75.7 Å². The third-order valence-corrected chi connectivity index (χ3v) is 11.3. The Balaban J connectivity index is 0.942. The Morgan fingerprint density at radius 1 is 0.984 bits per heavy atom. The lowest BCUT2D eigenvalue weighted by Crippen LogP contribution is -2.60. The molecule has 2 fully saturated rings. The van der Waals surface area contributed by atoms with Crippen molar-refractivity contribution in [2.45, 2.75) is 57.8 Å². The van der Waals surface area contributed by atoms with Gasteiger partial charge in [0.25, 0.3) is 23.6 Å². The second-order valence-electron chi connectivity index (χ2n) is 14.8. The van der Waals surface area contributed by atoms with Crippen LogP contribution in [0.5, 0.6) is 5.75 Å². The Morgan fingerprint density at radius 2 is 1.69 bits per heavy atom. The summed E-state index contributed by atoms with van der Waals surface area (Å²) in [7, 11) is 0. The molecular weight excluding hydrogens is 836 g/mol. The highest BCUT2D eigenvalue weighted by Gasteiger charge is 2.46. The molecule has 316 valence electrons. The minimum absolute atomic E-state index is 0.0116. The molecule has 1 aromatic heterocycles. The second kappa shape index (κ2) is 17.1. The predicted octanol–water partition coefficient (Wildman–Crippen LogP) is 4.47. The molecular formula is C41H38Cl2FN9O8. The predicted molar refractivity (Wildman–Crippen MR) is 220 cm³/mol. The van der Waals surface area contributed by atoms with Gasteiger partial charge in [-0.15, -0.1) is 10.2 Å². The van der Waals surface area contributed by atoms with Crippen molar-refractivity contribution in [1.29, 1.82) is 0 Å². The van der Waals surface area contributed by atoms with Crippen molar-refractivity contribution in [3.05, 3.63) is 104 Å². The van der Waals surface area contributed by atoms with E-state index < -0.39 is 59.6 Å². The minimum atomic E-state index is -1.13. The zero-order valence-electron chi connectivity index (χ0n) is 32.8. The van der Waals surface area contributed by atoms with Gasteiger partial charge >= 0.3 is 0 Å². The molecule has 5 N–H and O–H groups in total. The number of hydrogen-bond acceptors (Lipinski definition) is 12. The van der Waals surface area contributed by atoms with Crippen LogP contribution in [0, 0.1) is 5.82 Å². The fraction of sp³-hybridized carbons (Fsp3) is 0.293. The number of rotatable bonds is 10. The summed E-state index contributed by atoms with van der Waals surface area (Å²) in [4.78, 5) is 95.4. The summed E-state index contributed by atoms with van der Waals surface area (Å²) in [6, 6.07) is 12.6. The summed E-state index contributed by atoms with van der Waals surface area (Å²) < 4.78 is 20.0. The standard InChI is InChI=1S/C41H38Cl2FN9O8/c1-19-17-51(18-20(2)52(19)32(55)16-46-27-6-4-5-24-34(27)41(60)53(40(24)59)29-13-14-31(54)48-38(29)57)39(58)22-7-9-23(10-8-22)47-37(56)28-15-30(36(45)50-49-28)61-21(3)33-25(42)11-12-26(44)35(33)43/h4-12,15,19-21,29,46H,13-14,16-18H2,1-3H3,(H2,45,50)(H,47,56)(H,48,54,57)/t19-,20+,21-,29?/m1/s1. The number of carbonyl (C=O) groups is 7. The average Bonchev–Trinajstić information content (AvgIpc) is 3.48. The molecule has 1 unspecified atom stereocenters. The summed E-state index contributed by atoms with van der Waals surface area (Å²) in [6.07, 6.45) is -0.872. The lowest BCUT2D eigenvalue weighted by Gasteiger charge is -2.44. The largest absolute Gasteiger partial charge is 0.482 e. The van der Waals surface area contributed by atoms with Crippen molar-refractivity contribution >= 4 is 81.7 Å². The first-order valence-electron chi connectivity index (χ1n) is 19.1. The third-order valence-electron chi connectivity index (χ3n) is 10.6. The van der Waals surface area contributed by atoms with Gasteiger partial charge in [-0.1, -0.05) is 29.3 Å². The van der Waals surface area contributed by atoms with Gasteiger partial charge in [-0.3, -0.25) is 43.8 Å². The average molecular weight is 875 g/mol. The van der Waals surface area contributed by atoms with E-state index in [2.05, 4.69) is 26.1 Å². The molecule has 4 atom stereocenters. The van der Waals surface area contributed by atoms with Crippen molar-refractivity contribution in [3.63, 3.8) is 0 Å². The normalized spacial score (nSPS) is 19.3. The smallest absolute Gasteiger partial charge is 0.276 e. The maximum Gasteiger partial charge on any atom is 0.276 e. The fourth-order valence-corrected chi connectivity index (χ4v) is 8.41. The number of ether oxygens (including phenoxy) is 1. The number of fused-ring (bicyclic) bond motifs is 1. The van der Waals surface area contributed by atoms with Crippen LogP contribution < -0.4 is 26.4 Å². The first-order chi connectivity index (χ1) is 29.0. The van der Waals surface area contributed by atoms with Gasteiger partial charge < -0.3 is 30.9 Å². The number of amides is 7. The van der Waals surface area contributed by atoms with Gasteiger partial charge in [-0.25, -0.2) is 4.39 Å². The molecule has 0 saturated carbocycles. The molecule has 4 aromatic rings. The second-order valence-corrected chi connectivity index (χ2v) is 15.6. The Morgan fingerprint density at radius 3 is 2.38 bits per heavy atom. The molecule has 3 aliphatic heterocycles. The number of carbonyl (C=O) groups excluding carboxylic acids is 7. The fourth-order valence-electron chi connectivity index (χ4n) is 7.73. The quantitative estimate of drug-likeness (QED) is 0.128. The van der Waals surface area contributed by atoms with E-state index in [9.17, 15) is 38.0 Å². The van der Waals surface area contributed by atoms with Gasteiger partial charge in [0.1, 0.15) is 18.0 Å². The van der Waals surface area contributed by atoms with Crippen LogP contribution in [0.4, 0.5) is 21.6 Å². The van der Waals surface area contributed by atoms with Crippen LogP contribution >= 0.6 is 23.2 Å². The van der Waals surface area contributed by atoms with Crippen LogP contribution in [-0.2, 0) is 14.4 Å². The van der Waals surface area contributed by atoms with Crippen LogP contribution in [0.2, 0.25) is 10.0 Å². The number of halogens is 3. The highest BCUT2D eigenvalue weighted by Crippen LogP contribution is 2.36. The monoisotopic (exact) mass is 873 g/mol. The van der Waals surface area contributed by atoms with Gasteiger partial charge in [0, 0.05) is 65.2 Å². The number of imide groups is 2. The molecule has 4 heterocycles. The Kier molecular flexibility index (Phi) is 11.9. The van der Waals surface area contributed by atoms with Crippen molar-refractivity contribution in [2.24, 2.45) is 0 Å². The molecule has 17 nitrogen and oxygen atoms in total. The molecule has 2 saturated heterocycles. The highest BCUT2D eigenvalue weighted by atomic mass is 35.5. The molecule has 20 heteroatoms. The number of benzene rings is 3. The van der Waals surface area contributed by atoms with Gasteiger partial charge in [0.05, 0.1) is 22.7 Å². The van der Waals surface area contributed by atoms with E-state index in [0.29, 0.717) is 11.3 Å². The van der Waals surface area contributed by atoms with E-state index in [4.69, 9.17) is 33.7 Å². The molecule has 0 spiro atoms. The van der Waals surface area contributed by atoms with Gasteiger partial charge in [-0.2, -0.15) is 0 Å². The number of nitrogens with two attached hydrogens (primary N) is 1. The highest BCUT2D eigenvalue weighted by molar-refractivity contribution is 6.36. The maximum absolute atomic E-state index is 14.1. The van der Waals surface area contributed by atoms with E-state index in [1.54, 1.807) is 53.1 Å². The van der Waals surface area contributed by atoms with Crippen molar-refractivity contribution < 1.29 is 42.7 Å². The number of nitrogens with zero attached hydrogens (tertiary/aromatic N) is 5. The van der Waals surface area contributed by atoms with E-state index >= 15 is 0 Å². The zero-order valence-corrected chi connectivity index (χ0v) is 34.3. The van der Waals surface area contributed by atoms with Crippen LogP contribution in [0.3, 0.4) is 0 Å². The number of aromatic nitrogens is 2. The van der Waals surface area contributed by atoms with Gasteiger partial charge in [0.15, 0.2) is 17.3 Å². The topological polar surface area (TPSA) is 226 Å². The Labute approximate surface area is 357 Å². The van der Waals surface area contributed by atoms with Crippen LogP contribution in [-0.4, -0.2) is 104 Å². The molecule has 0 radical (unpaired) electrons. The molecule has 3 aliphatic rings. The van der Waals surface area contributed by atoms with Crippen LogP contribution in [0.25, 0.3) is 0 Å². The molecule has 3 aromatic carbocycles. The van der Waals surface area contributed by atoms with Crippen LogP contribution in [0.1, 0.15) is 86.8 Å². The lowest BCUT2D eigenvalue weighted by molar-refractivity contribution is -0.137. The first-order valence-corrected chi connectivity index (χ1v) is 19.8. The van der Waals surface area contributed by atoms with E-state index in [0.717, 1.165) is 11.0 Å². The molecule has 7 rings (SSSR count). The number of hydrogen-bond donors (Lipinski definition) is 4. The summed E-state index contributed by atoms with van der Waals surface area (Å²) in [5, 5.41) is 15.5. The number of anilines is 3. The number of piperazine rings is 1. The minimum Gasteiger partial charge on any atom is -0.482 e. The number of nitrogen functional groups attached to an aromatic ring is 1. The van der Waals surface area contributed by atoms with Crippen LogP contribution in [0.15, 0.2) is 60.7 Å². The molecule has 0 bridgehead atoms. The number of nitrogens with one attached hydrogen (secondary N) is 3. The van der Waals surface area contributed by atoms with Gasteiger partial charge in [0.2, 0.25) is 17.7 Å². The Hall–Kier alpha value is -6.66. The summed E-state index contributed by atoms with van der Waals surface area (Å²) in [5.74, 6) is -4.64. The van der Waals surface area contributed by atoms with Crippen molar-refractivity contribution in [1.82, 2.24) is 30.2 Å². The summed E-state index contributed by atoms with van der Waals surface area (Å²) in [5.41, 5.74) is 7.03. The third kappa shape index (κ3) is 8.40. The SMILES string of the molecule is C[C@@H]1CN(C(=O)c2ccc(NC(=O)c3cc(O[C@H](C)c4c(Cl)ccc(F)c4Cl)c(N)nn3)cc2)C[C@H](C)N1C(=O)CNc1cccc2c1C(=O)N(C1CCC(=O)NC1=O)C2=O. The maximum atomic E-state index is 14.1. The summed E-state index contributed by atoms with van der Waals surface area (Å²) >= 11 is 12.3. The molecule has 61 heavy (non-hydrogen) atoms. The number of piperidine rings is 1. The van der Waals surface area contributed by atoms with Crippen molar-refractivity contribution in [2.75, 3.05) is 36.0 Å². The van der Waals surface area contributed by atoms with E-state index in [1.807, 2.05) is 13.8 Å². The lowest BCUT2D eigenvalue weighted by atomic mass is 10.0.